The second-order valence-electron chi connectivity index (χ2n) is 7.45. The maximum absolute atomic E-state index is 13.0. The monoisotopic (exact) mass is 452 g/mol. The predicted molar refractivity (Wildman–Crippen MR) is 122 cm³/mol. The van der Waals surface area contributed by atoms with Crippen molar-refractivity contribution < 1.29 is 33.7 Å². The number of carboxylic acid groups (broad SMARTS) is 1. The van der Waals surface area contributed by atoms with E-state index in [1.54, 1.807) is 57.2 Å². The van der Waals surface area contributed by atoms with Gasteiger partial charge in [0.25, 0.3) is 5.91 Å². The van der Waals surface area contributed by atoms with E-state index in [1.165, 1.54) is 24.3 Å². The summed E-state index contributed by atoms with van der Waals surface area (Å²) < 4.78 is 15.9. The molecule has 0 fully saturated rings. The van der Waals surface area contributed by atoms with E-state index in [9.17, 15) is 19.5 Å². The smallest absolute Gasteiger partial charge is 0.344 e. The summed E-state index contributed by atoms with van der Waals surface area (Å²) in [5.74, 6) is -1.23. The van der Waals surface area contributed by atoms with E-state index in [4.69, 9.17) is 14.2 Å². The molecule has 0 spiro atoms. The minimum absolute atomic E-state index is 0.0585. The number of ether oxygens (including phenoxy) is 3. The highest BCUT2D eigenvalue weighted by atomic mass is 16.6. The number of esters is 1. The van der Waals surface area contributed by atoms with Gasteiger partial charge in [0.15, 0.2) is 18.1 Å². The van der Waals surface area contributed by atoms with E-state index in [0.29, 0.717) is 34.0 Å². The van der Waals surface area contributed by atoms with Gasteiger partial charge in [-0.15, -0.1) is 0 Å². The van der Waals surface area contributed by atoms with Crippen LogP contribution in [0.15, 0.2) is 53.1 Å². The molecule has 172 valence electrons. The maximum atomic E-state index is 13.0. The fourth-order valence-corrected chi connectivity index (χ4v) is 3.12. The molecule has 0 saturated carbocycles. The van der Waals surface area contributed by atoms with Gasteiger partial charge in [-0.25, -0.2) is 9.59 Å². The molecule has 0 atom stereocenters. The van der Waals surface area contributed by atoms with Crippen LogP contribution in [0.5, 0.6) is 11.5 Å². The van der Waals surface area contributed by atoms with E-state index in [0.717, 1.165) is 0 Å². The Morgan fingerprint density at radius 1 is 1.15 bits per heavy atom. The molecule has 0 radical (unpaired) electrons. The molecule has 33 heavy (non-hydrogen) atoms. The lowest BCUT2D eigenvalue weighted by molar-refractivity contribution is -0.149. The molecule has 2 aromatic carbocycles. The van der Waals surface area contributed by atoms with Gasteiger partial charge in [0, 0.05) is 0 Å². The van der Waals surface area contributed by atoms with Gasteiger partial charge in [-0.3, -0.25) is 4.79 Å². The molecule has 1 aliphatic rings. The normalized spacial score (nSPS) is 14.5. The minimum Gasteiger partial charge on any atom is -0.493 e. The molecule has 0 unspecified atom stereocenters. The summed E-state index contributed by atoms with van der Waals surface area (Å²) >= 11 is 0. The number of anilines is 1. The molecule has 1 amide bonds. The third kappa shape index (κ3) is 5.57. The van der Waals surface area contributed by atoms with Gasteiger partial charge in [-0.05, 0) is 62.7 Å². The van der Waals surface area contributed by atoms with Crippen molar-refractivity contribution in [3.63, 3.8) is 0 Å². The molecule has 1 heterocycles. The van der Waals surface area contributed by atoms with Crippen molar-refractivity contribution in [3.05, 3.63) is 59.2 Å². The van der Waals surface area contributed by atoms with Crippen LogP contribution in [0.25, 0.3) is 6.08 Å². The topological polar surface area (TPSA) is 115 Å². The first-order valence-corrected chi connectivity index (χ1v) is 10.1. The molecule has 0 saturated heterocycles. The summed E-state index contributed by atoms with van der Waals surface area (Å²) in [5, 5.41) is 14.6. The lowest BCUT2D eigenvalue weighted by atomic mass is 10.1. The first kappa shape index (κ1) is 23.5. The zero-order valence-corrected chi connectivity index (χ0v) is 18.7. The molecule has 0 bridgehead atoms. The summed E-state index contributed by atoms with van der Waals surface area (Å²) in [5.41, 5.74) is 1.91. The molecule has 0 aliphatic carbocycles. The Balaban J connectivity index is 1.81. The van der Waals surface area contributed by atoms with Crippen LogP contribution in [0.1, 0.15) is 36.7 Å². The van der Waals surface area contributed by atoms with Crippen LogP contribution in [0.4, 0.5) is 5.69 Å². The van der Waals surface area contributed by atoms with Gasteiger partial charge in [0.1, 0.15) is 0 Å². The Morgan fingerprint density at radius 3 is 2.58 bits per heavy atom. The molecule has 0 aromatic heterocycles. The van der Waals surface area contributed by atoms with Gasteiger partial charge in [-0.1, -0.05) is 12.1 Å². The molecule has 2 aromatic rings. The summed E-state index contributed by atoms with van der Waals surface area (Å²) in [4.78, 5) is 35.9. The predicted octanol–water partition coefficient (Wildman–Crippen LogP) is 3.53. The lowest BCUT2D eigenvalue weighted by Gasteiger charge is -2.13. The fraction of sp³-hybridized carbons (Fsp3) is 0.250. The highest BCUT2D eigenvalue weighted by molar-refractivity contribution is 6.32. The van der Waals surface area contributed by atoms with Crippen molar-refractivity contribution in [1.29, 1.82) is 0 Å². The average molecular weight is 452 g/mol. The fourth-order valence-electron chi connectivity index (χ4n) is 3.12. The van der Waals surface area contributed by atoms with Crippen LogP contribution in [0.2, 0.25) is 0 Å². The lowest BCUT2D eigenvalue weighted by Crippen LogP contribution is -2.21. The van der Waals surface area contributed by atoms with Gasteiger partial charge < -0.3 is 19.3 Å². The minimum atomic E-state index is -1.09. The molecular weight excluding hydrogens is 428 g/mol. The van der Waals surface area contributed by atoms with E-state index in [-0.39, 0.29) is 24.2 Å². The number of hydrogen-bond acceptors (Lipinski definition) is 7. The average Bonchev–Trinajstić information content (AvgIpc) is 3.06. The number of hydrazone groups is 1. The first-order chi connectivity index (χ1) is 15.7. The number of rotatable bonds is 8. The Bertz CT molecular complexity index is 1150. The third-order valence-corrected chi connectivity index (χ3v) is 4.61. The van der Waals surface area contributed by atoms with Gasteiger partial charge in [0.2, 0.25) is 0 Å². The van der Waals surface area contributed by atoms with Crippen molar-refractivity contribution in [2.75, 3.05) is 18.7 Å². The molecule has 1 aliphatic heterocycles. The van der Waals surface area contributed by atoms with Crippen LogP contribution in [-0.2, 0) is 14.3 Å². The molecule has 9 nitrogen and oxygen atoms in total. The summed E-state index contributed by atoms with van der Waals surface area (Å²) in [6.07, 6.45) is 1.42. The molecule has 3 rings (SSSR count). The largest absolute Gasteiger partial charge is 0.493 e. The van der Waals surface area contributed by atoms with E-state index < -0.39 is 11.9 Å². The van der Waals surface area contributed by atoms with E-state index >= 15 is 0 Å². The number of nitrogens with zero attached hydrogens (tertiary/aromatic N) is 2. The Kier molecular flexibility index (Phi) is 7.12. The van der Waals surface area contributed by atoms with Gasteiger partial charge >= 0.3 is 11.9 Å². The van der Waals surface area contributed by atoms with Crippen molar-refractivity contribution in [3.8, 4) is 11.5 Å². The van der Waals surface area contributed by atoms with E-state index in [2.05, 4.69) is 5.10 Å². The third-order valence-electron chi connectivity index (χ3n) is 4.61. The van der Waals surface area contributed by atoms with E-state index in [1.807, 2.05) is 0 Å². The molecule has 1 N–H and O–H groups in total. The van der Waals surface area contributed by atoms with Gasteiger partial charge in [-0.2, -0.15) is 10.1 Å². The zero-order chi connectivity index (χ0) is 24.1. The standard InChI is InChI=1S/C24H24N2O7/c1-14(2)33-22(27)13-32-20-9-8-16(11-21(20)31-4)10-19-15(3)25-26(23(19)28)18-7-5-6-17(12-18)24(29)30/h5-12,14H,13H2,1-4H3,(H,29,30). The van der Waals surface area contributed by atoms with Crippen LogP contribution in [0.3, 0.4) is 0 Å². The Hall–Kier alpha value is -4.14. The van der Waals surface area contributed by atoms with Crippen molar-refractivity contribution >= 4 is 35.3 Å². The van der Waals surface area contributed by atoms with Crippen LogP contribution >= 0.6 is 0 Å². The number of amides is 1. The van der Waals surface area contributed by atoms with Crippen molar-refractivity contribution in [1.82, 2.24) is 0 Å². The number of hydrogen-bond donors (Lipinski definition) is 1. The Morgan fingerprint density at radius 2 is 1.91 bits per heavy atom. The van der Waals surface area contributed by atoms with Gasteiger partial charge in [0.05, 0.1) is 35.7 Å². The van der Waals surface area contributed by atoms with Crippen molar-refractivity contribution in [2.24, 2.45) is 5.10 Å². The molecule has 9 heteroatoms. The Labute approximate surface area is 190 Å². The highest BCUT2D eigenvalue weighted by Gasteiger charge is 2.29. The number of carbonyl (C=O) groups is 3. The highest BCUT2D eigenvalue weighted by Crippen LogP contribution is 2.31. The summed E-state index contributed by atoms with van der Waals surface area (Å²) in [6.45, 7) is 4.93. The first-order valence-electron chi connectivity index (χ1n) is 10.1. The number of aromatic carboxylic acids is 1. The number of carbonyl (C=O) groups excluding carboxylic acids is 2. The number of carboxylic acids is 1. The van der Waals surface area contributed by atoms with Crippen LogP contribution in [0, 0.1) is 0 Å². The quantitative estimate of drug-likeness (QED) is 0.481. The zero-order valence-electron chi connectivity index (χ0n) is 18.7. The van der Waals surface area contributed by atoms with Crippen LogP contribution < -0.4 is 14.5 Å². The summed E-state index contributed by atoms with van der Waals surface area (Å²) in [6, 6.07) is 11.0. The second kappa shape index (κ2) is 9.99. The molecular formula is C24H24N2O7. The number of benzene rings is 2. The van der Waals surface area contributed by atoms with Crippen molar-refractivity contribution in [2.45, 2.75) is 26.9 Å². The second-order valence-corrected chi connectivity index (χ2v) is 7.45. The summed E-state index contributed by atoms with van der Waals surface area (Å²) in [7, 11) is 1.47. The van der Waals surface area contributed by atoms with Crippen LogP contribution in [-0.4, -0.2) is 48.5 Å². The number of methoxy groups -OCH3 is 1. The maximum Gasteiger partial charge on any atom is 0.344 e. The SMILES string of the molecule is COc1cc(C=C2C(=O)N(c3cccc(C(=O)O)c3)N=C2C)ccc1OCC(=O)OC(C)C.